The van der Waals surface area contributed by atoms with Crippen LogP contribution < -0.4 is 23.8 Å². The maximum atomic E-state index is 13.8. The van der Waals surface area contributed by atoms with Crippen LogP contribution in [0.25, 0.3) is 0 Å². The summed E-state index contributed by atoms with van der Waals surface area (Å²) in [6.07, 6.45) is 8.89. The first-order valence-corrected chi connectivity index (χ1v) is 17.0. The number of carbonyl (C=O) groups is 2. The molecular formula is C38H43N5O6. The predicted octanol–water partition coefficient (Wildman–Crippen LogP) is 6.00. The van der Waals surface area contributed by atoms with Crippen LogP contribution in [-0.2, 0) is 13.0 Å². The smallest absolute Gasteiger partial charge is 0.257 e. The maximum Gasteiger partial charge on any atom is 0.257 e. The lowest BCUT2D eigenvalue weighted by atomic mass is 9.93. The molecule has 7 rings (SSSR count). The van der Waals surface area contributed by atoms with Crippen molar-refractivity contribution in [3.05, 3.63) is 64.7 Å². The summed E-state index contributed by atoms with van der Waals surface area (Å²) in [7, 11) is 7.21. The Bertz CT molecular complexity index is 1820. The second kappa shape index (κ2) is 13.8. The van der Waals surface area contributed by atoms with Gasteiger partial charge in [0.05, 0.1) is 62.0 Å². The first-order chi connectivity index (χ1) is 23.8. The molecule has 3 aromatic rings. The van der Waals surface area contributed by atoms with Crippen molar-refractivity contribution >= 4 is 41.3 Å². The molecule has 0 aromatic heterocycles. The highest BCUT2D eigenvalue weighted by atomic mass is 16.5. The van der Waals surface area contributed by atoms with Gasteiger partial charge in [0, 0.05) is 57.4 Å². The molecule has 2 amide bonds. The molecule has 0 N–H and O–H groups in total. The van der Waals surface area contributed by atoms with E-state index in [1.165, 1.54) is 5.56 Å². The minimum atomic E-state index is -0.117. The fourth-order valence-corrected chi connectivity index (χ4v) is 7.01. The SMILES string of the molecule is COc1cc2c(cc1OCCCCCOc1cc3c(cc1OC)C(=O)N1Cc4cc(N(C)C)ccc4C[C@H]1C=N3)N=C[C@@H]1CCCN1C2=O. The Labute approximate surface area is 287 Å². The fraction of sp³-hybridized carbons (Fsp3) is 0.421. The number of fused-ring (bicyclic) bond motifs is 5. The summed E-state index contributed by atoms with van der Waals surface area (Å²) >= 11 is 0. The van der Waals surface area contributed by atoms with Crippen molar-refractivity contribution in [1.82, 2.24) is 9.80 Å². The molecule has 0 spiro atoms. The normalized spacial score (nSPS) is 18.9. The summed E-state index contributed by atoms with van der Waals surface area (Å²) in [5.74, 6) is 2.10. The van der Waals surface area contributed by atoms with E-state index in [0.29, 0.717) is 65.3 Å². The average Bonchev–Trinajstić information content (AvgIpc) is 3.50. The van der Waals surface area contributed by atoms with Crippen LogP contribution >= 0.6 is 0 Å². The molecule has 256 valence electrons. The number of unbranched alkanes of at least 4 members (excludes halogenated alkanes) is 2. The number of rotatable bonds is 11. The number of ether oxygens (including phenoxy) is 4. The van der Waals surface area contributed by atoms with Gasteiger partial charge in [-0.25, -0.2) is 0 Å². The lowest BCUT2D eigenvalue weighted by Crippen LogP contribution is -2.44. The van der Waals surface area contributed by atoms with E-state index in [9.17, 15) is 9.59 Å². The molecule has 4 aliphatic rings. The predicted molar refractivity (Wildman–Crippen MR) is 189 cm³/mol. The number of nitrogens with zero attached hydrogens (tertiary/aromatic N) is 5. The van der Waals surface area contributed by atoms with E-state index in [-0.39, 0.29) is 23.9 Å². The zero-order valence-corrected chi connectivity index (χ0v) is 28.6. The van der Waals surface area contributed by atoms with Crippen LogP contribution in [0.4, 0.5) is 17.1 Å². The molecule has 0 bridgehead atoms. The van der Waals surface area contributed by atoms with Gasteiger partial charge in [-0.1, -0.05) is 6.07 Å². The van der Waals surface area contributed by atoms with Crippen molar-refractivity contribution in [2.24, 2.45) is 9.98 Å². The second-order valence-corrected chi connectivity index (χ2v) is 13.1. The van der Waals surface area contributed by atoms with Gasteiger partial charge in [-0.05, 0) is 73.9 Å². The van der Waals surface area contributed by atoms with Crippen LogP contribution in [0.15, 0.2) is 52.4 Å². The molecule has 2 atom stereocenters. The van der Waals surface area contributed by atoms with E-state index in [2.05, 4.69) is 28.1 Å². The quantitative estimate of drug-likeness (QED) is 0.231. The Hall–Kier alpha value is -5.06. The van der Waals surface area contributed by atoms with Crippen molar-refractivity contribution in [3.8, 4) is 23.0 Å². The summed E-state index contributed by atoms with van der Waals surface area (Å²) in [5, 5.41) is 0. The standard InChI is InChI=1S/C38H43N5O6/c1-41(2)26-11-10-24-15-28-22-40-32-20-36(34(47-4)18-30(32)38(45)43(28)23-25(24)16-26)49-14-7-5-6-13-48-35-19-31-29(17-33(35)46-3)37(44)42-12-8-9-27(42)21-39-31/h10-11,16-22,27-28H,5-9,12-15,23H2,1-4H3/t27-,28-/m0/s1. The van der Waals surface area contributed by atoms with Gasteiger partial charge < -0.3 is 33.6 Å². The number of aliphatic imine (C=N–C) groups is 2. The van der Waals surface area contributed by atoms with E-state index in [1.807, 2.05) is 42.4 Å². The monoisotopic (exact) mass is 665 g/mol. The van der Waals surface area contributed by atoms with Gasteiger partial charge in [0.2, 0.25) is 0 Å². The third kappa shape index (κ3) is 6.41. The number of benzene rings is 3. The number of hydrogen-bond donors (Lipinski definition) is 0. The number of methoxy groups -OCH3 is 2. The van der Waals surface area contributed by atoms with Crippen LogP contribution in [0, 0.1) is 0 Å². The molecule has 0 unspecified atom stereocenters. The number of carbonyl (C=O) groups excluding carboxylic acids is 2. The topological polar surface area (TPSA) is 106 Å². The lowest BCUT2D eigenvalue weighted by molar-refractivity contribution is 0.0702. The van der Waals surface area contributed by atoms with Crippen LogP contribution in [0.1, 0.15) is 63.9 Å². The van der Waals surface area contributed by atoms with Crippen LogP contribution in [0.2, 0.25) is 0 Å². The van der Waals surface area contributed by atoms with Crippen molar-refractivity contribution in [2.45, 2.75) is 57.2 Å². The third-order valence-electron chi connectivity index (χ3n) is 9.80. The van der Waals surface area contributed by atoms with E-state index < -0.39 is 0 Å². The molecule has 4 aliphatic heterocycles. The Morgan fingerprint density at radius 3 is 1.96 bits per heavy atom. The van der Waals surface area contributed by atoms with E-state index in [1.54, 1.807) is 32.4 Å². The summed E-state index contributed by atoms with van der Waals surface area (Å²) < 4.78 is 23.5. The number of hydrogen-bond acceptors (Lipinski definition) is 9. The van der Waals surface area contributed by atoms with Gasteiger partial charge in [0.15, 0.2) is 23.0 Å². The molecular weight excluding hydrogens is 622 g/mol. The summed E-state index contributed by atoms with van der Waals surface area (Å²) in [5.41, 5.74) is 5.78. The van der Waals surface area contributed by atoms with Crippen molar-refractivity contribution in [1.29, 1.82) is 0 Å². The summed E-state index contributed by atoms with van der Waals surface area (Å²) in [6, 6.07) is 13.5. The number of anilines is 1. The Morgan fingerprint density at radius 1 is 0.735 bits per heavy atom. The second-order valence-electron chi connectivity index (χ2n) is 13.1. The van der Waals surface area contributed by atoms with Crippen LogP contribution in [0.3, 0.4) is 0 Å². The van der Waals surface area contributed by atoms with Crippen LogP contribution in [0.5, 0.6) is 23.0 Å². The molecule has 0 aliphatic carbocycles. The van der Waals surface area contributed by atoms with Gasteiger partial charge >= 0.3 is 0 Å². The summed E-state index contributed by atoms with van der Waals surface area (Å²) in [4.78, 5) is 42.2. The minimum absolute atomic E-state index is 0.00931. The van der Waals surface area contributed by atoms with Gasteiger partial charge in [-0.15, -0.1) is 0 Å². The first kappa shape index (κ1) is 32.5. The molecule has 1 fully saturated rings. The van der Waals surface area contributed by atoms with Crippen molar-refractivity contribution in [3.63, 3.8) is 0 Å². The molecule has 1 saturated heterocycles. The maximum absolute atomic E-state index is 13.8. The summed E-state index contributed by atoms with van der Waals surface area (Å²) in [6.45, 7) is 2.24. The van der Waals surface area contributed by atoms with Crippen LogP contribution in [-0.4, -0.2) is 94.2 Å². The van der Waals surface area contributed by atoms with E-state index >= 15 is 0 Å². The highest BCUT2D eigenvalue weighted by Gasteiger charge is 2.34. The molecule has 49 heavy (non-hydrogen) atoms. The highest BCUT2D eigenvalue weighted by molar-refractivity contribution is 6.04. The van der Waals surface area contributed by atoms with Crippen molar-refractivity contribution < 1.29 is 28.5 Å². The zero-order chi connectivity index (χ0) is 34.1. The van der Waals surface area contributed by atoms with E-state index in [4.69, 9.17) is 23.9 Å². The zero-order valence-electron chi connectivity index (χ0n) is 28.6. The molecule has 11 nitrogen and oxygen atoms in total. The van der Waals surface area contributed by atoms with Gasteiger partial charge in [-0.3, -0.25) is 19.6 Å². The molecule has 11 heteroatoms. The van der Waals surface area contributed by atoms with Gasteiger partial charge in [0.25, 0.3) is 11.8 Å². The molecule has 4 heterocycles. The average molecular weight is 666 g/mol. The third-order valence-corrected chi connectivity index (χ3v) is 9.80. The van der Waals surface area contributed by atoms with Gasteiger partial charge in [0.1, 0.15) is 0 Å². The van der Waals surface area contributed by atoms with Crippen molar-refractivity contribution in [2.75, 3.05) is 53.0 Å². The Morgan fingerprint density at radius 2 is 1.35 bits per heavy atom. The number of amides is 2. The molecule has 3 aromatic carbocycles. The Balaban J connectivity index is 0.943. The fourth-order valence-electron chi connectivity index (χ4n) is 7.01. The van der Waals surface area contributed by atoms with Gasteiger partial charge in [-0.2, -0.15) is 0 Å². The molecule has 0 radical (unpaired) electrons. The molecule has 0 saturated carbocycles. The largest absolute Gasteiger partial charge is 0.493 e. The minimum Gasteiger partial charge on any atom is -0.493 e. The Kier molecular flexibility index (Phi) is 9.16. The van der Waals surface area contributed by atoms with E-state index in [0.717, 1.165) is 56.3 Å². The highest BCUT2D eigenvalue weighted by Crippen LogP contribution is 2.40. The lowest BCUT2D eigenvalue weighted by Gasteiger charge is -2.34. The first-order valence-electron chi connectivity index (χ1n) is 17.0.